The van der Waals surface area contributed by atoms with E-state index in [1.165, 1.54) is 20.3 Å². The van der Waals surface area contributed by atoms with Crippen molar-refractivity contribution in [2.24, 2.45) is 4.99 Å². The van der Waals surface area contributed by atoms with Gasteiger partial charge in [-0.2, -0.15) is 0 Å². The third-order valence-corrected chi connectivity index (χ3v) is 3.80. The number of para-hydroxylation sites is 1. The van der Waals surface area contributed by atoms with Gasteiger partial charge in [0.2, 0.25) is 5.90 Å². The maximum Gasteiger partial charge on any atom is 0.363 e. The van der Waals surface area contributed by atoms with E-state index in [0.29, 0.717) is 22.6 Å². The first-order chi connectivity index (χ1) is 13.5. The number of ether oxygens (including phenoxy) is 4. The van der Waals surface area contributed by atoms with Crippen LogP contribution in [-0.4, -0.2) is 43.8 Å². The Labute approximate surface area is 160 Å². The molecule has 0 amide bonds. The molecule has 28 heavy (non-hydrogen) atoms. The summed E-state index contributed by atoms with van der Waals surface area (Å²) in [5.41, 5.74) is 1.29. The van der Waals surface area contributed by atoms with Crippen molar-refractivity contribution in [3.63, 3.8) is 0 Å². The minimum Gasteiger partial charge on any atom is -0.496 e. The van der Waals surface area contributed by atoms with Gasteiger partial charge in [0, 0.05) is 0 Å². The first-order valence-electron chi connectivity index (χ1n) is 8.20. The van der Waals surface area contributed by atoms with E-state index in [0.717, 1.165) is 0 Å². The molecule has 2 aromatic rings. The van der Waals surface area contributed by atoms with Crippen molar-refractivity contribution in [2.75, 3.05) is 20.8 Å². The molecular formula is C20H17NO7. The molecule has 0 aliphatic carbocycles. The second kappa shape index (κ2) is 8.26. The molecule has 0 saturated heterocycles. The molecule has 3 rings (SSSR count). The van der Waals surface area contributed by atoms with Gasteiger partial charge in [0.15, 0.2) is 23.8 Å². The van der Waals surface area contributed by atoms with E-state index in [-0.39, 0.29) is 17.3 Å². The lowest BCUT2D eigenvalue weighted by Crippen LogP contribution is -2.10. The van der Waals surface area contributed by atoms with Crippen LogP contribution in [0.2, 0.25) is 0 Å². The Balaban J connectivity index is 1.89. The van der Waals surface area contributed by atoms with Crippen molar-refractivity contribution >= 4 is 23.9 Å². The smallest absolute Gasteiger partial charge is 0.363 e. The number of carbonyl (C=O) groups is 2. The fourth-order valence-corrected chi connectivity index (χ4v) is 2.54. The van der Waals surface area contributed by atoms with Crippen LogP contribution in [0.5, 0.6) is 17.2 Å². The summed E-state index contributed by atoms with van der Waals surface area (Å²) in [4.78, 5) is 27.1. The topological polar surface area (TPSA) is 104 Å². The molecule has 8 heteroatoms. The number of carbonyl (C=O) groups excluding carboxylic acids is 1. The summed E-state index contributed by atoms with van der Waals surface area (Å²) in [6.45, 7) is -0.490. The largest absolute Gasteiger partial charge is 0.496 e. The SMILES string of the molecule is COc1cc(/C=C2\N=C(c3ccccc3OC)OC2=O)ccc1OCC(=O)O. The van der Waals surface area contributed by atoms with Gasteiger partial charge in [0.25, 0.3) is 0 Å². The Morgan fingerprint density at radius 2 is 1.86 bits per heavy atom. The number of hydrogen-bond donors (Lipinski definition) is 1. The molecule has 1 N–H and O–H groups in total. The number of aliphatic imine (C=N–C) groups is 1. The summed E-state index contributed by atoms with van der Waals surface area (Å²) in [5.74, 6) is -0.389. The highest BCUT2D eigenvalue weighted by atomic mass is 16.6. The second-order valence-corrected chi connectivity index (χ2v) is 5.63. The molecule has 1 aliphatic heterocycles. The van der Waals surface area contributed by atoms with Crippen LogP contribution in [0, 0.1) is 0 Å². The zero-order valence-electron chi connectivity index (χ0n) is 15.2. The number of esters is 1. The number of carboxylic acids is 1. The maximum atomic E-state index is 12.2. The lowest BCUT2D eigenvalue weighted by atomic mass is 10.1. The fraction of sp³-hybridized carbons (Fsp3) is 0.150. The summed E-state index contributed by atoms with van der Waals surface area (Å²) in [6.07, 6.45) is 1.54. The number of aliphatic carboxylic acids is 1. The summed E-state index contributed by atoms with van der Waals surface area (Å²) in [7, 11) is 2.95. The predicted octanol–water partition coefficient (Wildman–Crippen LogP) is 2.51. The first kappa shape index (κ1) is 19.0. The fourth-order valence-electron chi connectivity index (χ4n) is 2.54. The molecule has 0 fully saturated rings. The molecule has 0 aromatic heterocycles. The van der Waals surface area contributed by atoms with Crippen LogP contribution < -0.4 is 14.2 Å². The lowest BCUT2D eigenvalue weighted by Gasteiger charge is -2.09. The predicted molar refractivity (Wildman–Crippen MR) is 99.7 cm³/mol. The molecule has 0 spiro atoms. The molecule has 0 saturated carbocycles. The quantitative estimate of drug-likeness (QED) is 0.579. The van der Waals surface area contributed by atoms with E-state index in [2.05, 4.69) is 4.99 Å². The lowest BCUT2D eigenvalue weighted by molar-refractivity contribution is -0.139. The average molecular weight is 383 g/mol. The first-order valence-corrected chi connectivity index (χ1v) is 8.20. The summed E-state index contributed by atoms with van der Waals surface area (Å²) in [6, 6.07) is 11.9. The van der Waals surface area contributed by atoms with Crippen LogP contribution in [0.1, 0.15) is 11.1 Å². The third-order valence-electron chi connectivity index (χ3n) is 3.80. The molecule has 0 radical (unpaired) electrons. The second-order valence-electron chi connectivity index (χ2n) is 5.63. The Hall–Kier alpha value is -3.81. The van der Waals surface area contributed by atoms with Gasteiger partial charge in [0.05, 0.1) is 19.8 Å². The average Bonchev–Trinajstić information content (AvgIpc) is 3.06. The number of hydrogen-bond acceptors (Lipinski definition) is 7. The highest BCUT2D eigenvalue weighted by Gasteiger charge is 2.26. The normalized spacial score (nSPS) is 14.4. The van der Waals surface area contributed by atoms with Gasteiger partial charge >= 0.3 is 11.9 Å². The van der Waals surface area contributed by atoms with Crippen LogP contribution >= 0.6 is 0 Å². The van der Waals surface area contributed by atoms with Gasteiger partial charge in [-0.15, -0.1) is 0 Å². The van der Waals surface area contributed by atoms with Gasteiger partial charge < -0.3 is 24.1 Å². The van der Waals surface area contributed by atoms with E-state index in [9.17, 15) is 9.59 Å². The minimum absolute atomic E-state index is 0.113. The number of carboxylic acid groups (broad SMARTS) is 1. The van der Waals surface area contributed by atoms with E-state index in [4.69, 9.17) is 24.1 Å². The number of methoxy groups -OCH3 is 2. The number of nitrogens with zero attached hydrogens (tertiary/aromatic N) is 1. The highest BCUT2D eigenvalue weighted by molar-refractivity contribution is 6.13. The summed E-state index contributed by atoms with van der Waals surface area (Å²) >= 11 is 0. The van der Waals surface area contributed by atoms with Gasteiger partial charge in [-0.3, -0.25) is 0 Å². The van der Waals surface area contributed by atoms with E-state index < -0.39 is 18.5 Å². The molecule has 0 atom stereocenters. The third kappa shape index (κ3) is 4.12. The van der Waals surface area contributed by atoms with Crippen molar-refractivity contribution in [1.82, 2.24) is 0 Å². The molecule has 1 heterocycles. The van der Waals surface area contributed by atoms with Crippen molar-refractivity contribution in [3.8, 4) is 17.2 Å². The molecule has 8 nitrogen and oxygen atoms in total. The Bertz CT molecular complexity index is 978. The van der Waals surface area contributed by atoms with Gasteiger partial charge in [0.1, 0.15) is 5.75 Å². The molecule has 144 valence electrons. The van der Waals surface area contributed by atoms with Crippen LogP contribution in [0.15, 0.2) is 53.2 Å². The van der Waals surface area contributed by atoms with Crippen molar-refractivity contribution in [3.05, 3.63) is 59.3 Å². The van der Waals surface area contributed by atoms with Crippen molar-refractivity contribution in [2.45, 2.75) is 0 Å². The molecule has 1 aliphatic rings. The van der Waals surface area contributed by atoms with Crippen LogP contribution in [-0.2, 0) is 14.3 Å². The molecule has 2 aromatic carbocycles. The standard InChI is InChI=1S/C20H17NO7/c1-25-15-6-4-3-5-13(15)19-21-14(20(24)28-19)9-12-7-8-16(17(10-12)26-2)27-11-18(22)23/h3-10H,11H2,1-2H3,(H,22,23)/b14-9-. The van der Waals surface area contributed by atoms with Crippen LogP contribution in [0.25, 0.3) is 6.08 Å². The van der Waals surface area contributed by atoms with Crippen LogP contribution in [0.4, 0.5) is 0 Å². The van der Waals surface area contributed by atoms with Gasteiger partial charge in [-0.1, -0.05) is 18.2 Å². The number of rotatable bonds is 7. The minimum atomic E-state index is -1.10. The van der Waals surface area contributed by atoms with Crippen molar-refractivity contribution < 1.29 is 33.6 Å². The van der Waals surface area contributed by atoms with Gasteiger partial charge in [-0.25, -0.2) is 14.6 Å². The number of cyclic esters (lactones) is 1. The van der Waals surface area contributed by atoms with Gasteiger partial charge in [-0.05, 0) is 35.9 Å². The number of benzene rings is 2. The van der Waals surface area contributed by atoms with E-state index >= 15 is 0 Å². The maximum absolute atomic E-state index is 12.2. The van der Waals surface area contributed by atoms with Crippen LogP contribution in [0.3, 0.4) is 0 Å². The van der Waals surface area contributed by atoms with E-state index in [1.54, 1.807) is 42.5 Å². The summed E-state index contributed by atoms with van der Waals surface area (Å²) in [5, 5.41) is 8.72. The molecule has 0 bridgehead atoms. The Morgan fingerprint density at radius 3 is 2.57 bits per heavy atom. The summed E-state index contributed by atoms with van der Waals surface area (Å²) < 4.78 is 20.9. The Morgan fingerprint density at radius 1 is 1.11 bits per heavy atom. The Kier molecular flexibility index (Phi) is 5.59. The van der Waals surface area contributed by atoms with E-state index in [1.807, 2.05) is 0 Å². The zero-order valence-corrected chi connectivity index (χ0v) is 15.2. The highest BCUT2D eigenvalue weighted by Crippen LogP contribution is 2.30. The molecule has 0 unspecified atom stereocenters. The molecular weight excluding hydrogens is 366 g/mol. The monoisotopic (exact) mass is 383 g/mol. The van der Waals surface area contributed by atoms with Crippen molar-refractivity contribution in [1.29, 1.82) is 0 Å². The zero-order chi connectivity index (χ0) is 20.1.